The lowest BCUT2D eigenvalue weighted by Crippen LogP contribution is -2.49. The zero-order chi connectivity index (χ0) is 20.5. The molecule has 1 unspecified atom stereocenters. The van der Waals surface area contributed by atoms with Crippen LogP contribution in [0.5, 0.6) is 0 Å². The van der Waals surface area contributed by atoms with Gasteiger partial charge in [0, 0.05) is 31.7 Å². The number of rotatable bonds is 6. The lowest BCUT2D eigenvalue weighted by molar-refractivity contribution is 0.0963. The topological polar surface area (TPSA) is 83.2 Å². The minimum Gasteiger partial charge on any atom is -0.450 e. The molecule has 3 N–H and O–H groups in total. The van der Waals surface area contributed by atoms with Crippen molar-refractivity contribution in [3.05, 3.63) is 35.9 Å². The molecule has 0 aromatic heterocycles. The van der Waals surface area contributed by atoms with E-state index in [4.69, 9.17) is 10.5 Å². The van der Waals surface area contributed by atoms with Gasteiger partial charge in [-0.3, -0.25) is 9.89 Å². The summed E-state index contributed by atoms with van der Waals surface area (Å²) in [6, 6.07) is 11.3. The monoisotopic (exact) mass is 401 g/mol. The molecule has 3 rings (SSSR count). The third-order valence-electron chi connectivity index (χ3n) is 5.82. The molecule has 1 aromatic carbocycles. The maximum atomic E-state index is 11.8. The van der Waals surface area contributed by atoms with Crippen molar-refractivity contribution in [3.8, 4) is 0 Å². The minimum absolute atomic E-state index is 0.219. The highest BCUT2D eigenvalue weighted by Gasteiger charge is 2.25. The number of ether oxygens (including phenoxy) is 1. The van der Waals surface area contributed by atoms with Gasteiger partial charge in [0.1, 0.15) is 0 Å². The first-order valence-corrected chi connectivity index (χ1v) is 10.9. The molecule has 2 aliphatic rings. The summed E-state index contributed by atoms with van der Waals surface area (Å²) in [7, 11) is 0. The molecule has 0 radical (unpaired) electrons. The van der Waals surface area contributed by atoms with Gasteiger partial charge in [-0.25, -0.2) is 4.79 Å². The summed E-state index contributed by atoms with van der Waals surface area (Å²) in [6.07, 6.45) is 5.17. The SMILES string of the molecule is CCOC(=O)N1CCC(NC(N)=NCC2CCCCN2Cc2ccccc2)CC1. The largest absolute Gasteiger partial charge is 0.450 e. The van der Waals surface area contributed by atoms with Crippen LogP contribution >= 0.6 is 0 Å². The van der Waals surface area contributed by atoms with Crippen molar-refractivity contribution < 1.29 is 9.53 Å². The fourth-order valence-corrected chi connectivity index (χ4v) is 4.17. The van der Waals surface area contributed by atoms with Crippen LogP contribution in [0.1, 0.15) is 44.6 Å². The zero-order valence-electron chi connectivity index (χ0n) is 17.6. The van der Waals surface area contributed by atoms with Crippen LogP contribution in [0.2, 0.25) is 0 Å². The Morgan fingerprint density at radius 2 is 1.93 bits per heavy atom. The fraction of sp³-hybridized carbons (Fsp3) is 0.636. The highest BCUT2D eigenvalue weighted by atomic mass is 16.6. The summed E-state index contributed by atoms with van der Waals surface area (Å²) in [5.74, 6) is 0.518. The van der Waals surface area contributed by atoms with E-state index in [0.717, 1.165) is 32.5 Å². The van der Waals surface area contributed by atoms with Gasteiger partial charge in [0.25, 0.3) is 0 Å². The van der Waals surface area contributed by atoms with E-state index in [1.807, 2.05) is 6.92 Å². The molecule has 2 aliphatic heterocycles. The van der Waals surface area contributed by atoms with Crippen LogP contribution in [0, 0.1) is 0 Å². The summed E-state index contributed by atoms with van der Waals surface area (Å²) in [5.41, 5.74) is 7.53. The number of nitrogens with two attached hydrogens (primary N) is 1. The molecule has 7 heteroatoms. The number of benzene rings is 1. The van der Waals surface area contributed by atoms with Gasteiger partial charge >= 0.3 is 6.09 Å². The van der Waals surface area contributed by atoms with Gasteiger partial charge in [0.15, 0.2) is 5.96 Å². The maximum Gasteiger partial charge on any atom is 0.409 e. The summed E-state index contributed by atoms with van der Waals surface area (Å²) in [4.78, 5) is 20.7. The maximum absolute atomic E-state index is 11.8. The van der Waals surface area contributed by atoms with E-state index in [1.54, 1.807) is 4.90 Å². The second-order valence-corrected chi connectivity index (χ2v) is 7.94. The molecule has 0 aliphatic carbocycles. The number of piperidine rings is 2. The number of likely N-dealkylation sites (tertiary alicyclic amines) is 2. The summed E-state index contributed by atoms with van der Waals surface area (Å²) in [6.45, 7) is 6.45. The van der Waals surface area contributed by atoms with Crippen molar-refractivity contribution in [2.45, 2.75) is 57.7 Å². The normalized spacial score (nSPS) is 21.8. The van der Waals surface area contributed by atoms with Gasteiger partial charge in [-0.05, 0) is 44.7 Å². The molecule has 2 fully saturated rings. The van der Waals surface area contributed by atoms with Crippen LogP contribution in [0.3, 0.4) is 0 Å². The molecule has 1 amide bonds. The van der Waals surface area contributed by atoms with E-state index in [2.05, 4.69) is 45.5 Å². The Labute approximate surface area is 174 Å². The third-order valence-corrected chi connectivity index (χ3v) is 5.82. The van der Waals surface area contributed by atoms with Crippen LogP contribution in [0.25, 0.3) is 0 Å². The van der Waals surface area contributed by atoms with Crippen LogP contribution < -0.4 is 11.1 Å². The molecular formula is C22H35N5O2. The highest BCUT2D eigenvalue weighted by Crippen LogP contribution is 2.20. The fourth-order valence-electron chi connectivity index (χ4n) is 4.17. The molecule has 1 aromatic rings. The molecule has 160 valence electrons. The molecule has 2 heterocycles. The van der Waals surface area contributed by atoms with Gasteiger partial charge in [-0.1, -0.05) is 36.8 Å². The van der Waals surface area contributed by atoms with Crippen LogP contribution in [-0.2, 0) is 11.3 Å². The van der Waals surface area contributed by atoms with Crippen molar-refractivity contribution in [2.24, 2.45) is 10.7 Å². The molecule has 7 nitrogen and oxygen atoms in total. The van der Waals surface area contributed by atoms with Crippen molar-refractivity contribution in [3.63, 3.8) is 0 Å². The van der Waals surface area contributed by atoms with E-state index in [-0.39, 0.29) is 12.1 Å². The van der Waals surface area contributed by atoms with E-state index in [9.17, 15) is 4.79 Å². The second kappa shape index (κ2) is 11.0. The van der Waals surface area contributed by atoms with E-state index >= 15 is 0 Å². The Bertz CT molecular complexity index is 658. The average Bonchev–Trinajstić information content (AvgIpc) is 2.74. The number of guanidine groups is 1. The number of carbonyl (C=O) groups excluding carboxylic acids is 1. The first-order chi connectivity index (χ1) is 14.2. The van der Waals surface area contributed by atoms with Gasteiger partial charge in [0.2, 0.25) is 0 Å². The molecule has 0 spiro atoms. The summed E-state index contributed by atoms with van der Waals surface area (Å²) < 4.78 is 5.07. The molecule has 29 heavy (non-hydrogen) atoms. The third kappa shape index (κ3) is 6.63. The molecule has 1 atom stereocenters. The quantitative estimate of drug-likeness (QED) is 0.565. The predicted molar refractivity (Wildman–Crippen MR) is 116 cm³/mol. The van der Waals surface area contributed by atoms with Crippen molar-refractivity contribution in [1.29, 1.82) is 0 Å². The minimum atomic E-state index is -0.219. The molecule has 0 bridgehead atoms. The highest BCUT2D eigenvalue weighted by molar-refractivity contribution is 5.78. The number of nitrogens with zero attached hydrogens (tertiary/aromatic N) is 3. The molecular weight excluding hydrogens is 366 g/mol. The Kier molecular flexibility index (Phi) is 8.16. The first kappa shape index (κ1) is 21.4. The van der Waals surface area contributed by atoms with E-state index < -0.39 is 0 Å². The van der Waals surface area contributed by atoms with Gasteiger partial charge in [0.05, 0.1) is 13.2 Å². The molecule has 2 saturated heterocycles. The van der Waals surface area contributed by atoms with Gasteiger partial charge in [-0.2, -0.15) is 0 Å². The Balaban J connectivity index is 1.45. The van der Waals surface area contributed by atoms with E-state index in [1.165, 1.54) is 24.8 Å². The standard InChI is InChI=1S/C22H35N5O2/c1-2-29-22(28)26-14-11-19(12-15-26)25-21(23)24-16-20-10-6-7-13-27(20)17-18-8-4-3-5-9-18/h3-5,8-9,19-20H,2,6-7,10-17H2,1H3,(H3,23,24,25). The first-order valence-electron chi connectivity index (χ1n) is 10.9. The molecule has 0 saturated carbocycles. The Morgan fingerprint density at radius 3 is 2.66 bits per heavy atom. The lowest BCUT2D eigenvalue weighted by Gasteiger charge is -2.35. The zero-order valence-corrected chi connectivity index (χ0v) is 17.6. The summed E-state index contributed by atoms with van der Waals surface area (Å²) >= 11 is 0. The number of nitrogens with one attached hydrogen (secondary N) is 1. The lowest BCUT2D eigenvalue weighted by atomic mass is 10.0. The second-order valence-electron chi connectivity index (χ2n) is 7.94. The van der Waals surface area contributed by atoms with Crippen molar-refractivity contribution in [1.82, 2.24) is 15.1 Å². The number of hydrogen-bond acceptors (Lipinski definition) is 4. The van der Waals surface area contributed by atoms with Crippen LogP contribution in [0.4, 0.5) is 4.79 Å². The van der Waals surface area contributed by atoms with Gasteiger partial charge in [-0.15, -0.1) is 0 Å². The predicted octanol–water partition coefficient (Wildman–Crippen LogP) is 2.57. The smallest absolute Gasteiger partial charge is 0.409 e. The van der Waals surface area contributed by atoms with Gasteiger partial charge < -0.3 is 20.7 Å². The number of aliphatic imine (C=N–C) groups is 1. The van der Waals surface area contributed by atoms with E-state index in [0.29, 0.717) is 31.7 Å². The Morgan fingerprint density at radius 1 is 1.17 bits per heavy atom. The van der Waals surface area contributed by atoms with Crippen molar-refractivity contribution in [2.75, 3.05) is 32.8 Å². The number of carbonyl (C=O) groups is 1. The van der Waals surface area contributed by atoms with Crippen LogP contribution in [-0.4, -0.2) is 66.7 Å². The average molecular weight is 402 g/mol. The number of amides is 1. The van der Waals surface area contributed by atoms with Crippen molar-refractivity contribution >= 4 is 12.1 Å². The summed E-state index contributed by atoms with van der Waals surface area (Å²) in [5, 5.41) is 3.34. The van der Waals surface area contributed by atoms with Crippen LogP contribution in [0.15, 0.2) is 35.3 Å². The number of hydrogen-bond donors (Lipinski definition) is 2. The Hall–Kier alpha value is -2.28.